The highest BCUT2D eigenvalue weighted by atomic mass is 16.6. The summed E-state index contributed by atoms with van der Waals surface area (Å²) in [5.41, 5.74) is 1.30. The fraction of sp³-hybridized carbons (Fsp3) is 0.125. The van der Waals surface area contributed by atoms with Gasteiger partial charge in [0, 0.05) is 17.7 Å². The number of aliphatic imine (C=N–C) groups is 1. The third-order valence-corrected chi connectivity index (χ3v) is 3.33. The van der Waals surface area contributed by atoms with E-state index in [1.807, 2.05) is 18.2 Å². The highest BCUT2D eigenvalue weighted by molar-refractivity contribution is 6.02. The number of hydrogen-bond donors (Lipinski definition) is 0. The maximum Gasteiger partial charge on any atom is 0.315 e. The largest absolute Gasteiger partial charge is 0.407 e. The summed E-state index contributed by atoms with van der Waals surface area (Å²) < 4.78 is 5.18. The molecule has 0 bridgehead atoms. The lowest BCUT2D eigenvalue weighted by atomic mass is 10.0. The molecular weight excluding hydrogens is 284 g/mol. The molecule has 6 nitrogen and oxygen atoms in total. The van der Waals surface area contributed by atoms with E-state index in [1.165, 1.54) is 12.1 Å². The first-order chi connectivity index (χ1) is 10.6. The molecule has 0 aliphatic carbocycles. The van der Waals surface area contributed by atoms with Crippen molar-refractivity contribution in [3.63, 3.8) is 0 Å². The summed E-state index contributed by atoms with van der Waals surface area (Å²) in [5.74, 6) is -0.154. The Labute approximate surface area is 126 Å². The van der Waals surface area contributed by atoms with Crippen LogP contribution in [0.5, 0.6) is 0 Å². The van der Waals surface area contributed by atoms with Gasteiger partial charge >= 0.3 is 5.97 Å². The van der Waals surface area contributed by atoms with E-state index in [0.29, 0.717) is 11.1 Å². The Kier molecular flexibility index (Phi) is 3.65. The fourth-order valence-electron chi connectivity index (χ4n) is 2.27. The topological polar surface area (TPSA) is 81.8 Å². The summed E-state index contributed by atoms with van der Waals surface area (Å²) in [5, 5.41) is 10.9. The summed E-state index contributed by atoms with van der Waals surface area (Å²) in [4.78, 5) is 26.6. The number of carbonyl (C=O) groups excluding carboxylic acids is 1. The van der Waals surface area contributed by atoms with Crippen molar-refractivity contribution in [1.82, 2.24) is 0 Å². The Morgan fingerprint density at radius 2 is 1.91 bits per heavy atom. The van der Waals surface area contributed by atoms with E-state index in [1.54, 1.807) is 24.3 Å². The lowest BCUT2D eigenvalue weighted by Crippen LogP contribution is -2.22. The zero-order valence-electron chi connectivity index (χ0n) is 11.5. The van der Waals surface area contributed by atoms with Gasteiger partial charge in [-0.2, -0.15) is 0 Å². The molecule has 2 aromatic carbocycles. The zero-order valence-corrected chi connectivity index (χ0v) is 11.5. The van der Waals surface area contributed by atoms with Gasteiger partial charge in [-0.3, -0.25) is 14.9 Å². The first kappa shape index (κ1) is 13.9. The van der Waals surface area contributed by atoms with Crippen molar-refractivity contribution in [2.75, 3.05) is 0 Å². The number of nitro groups is 1. The second-order valence-electron chi connectivity index (χ2n) is 4.85. The van der Waals surface area contributed by atoms with Crippen LogP contribution in [0.1, 0.15) is 23.6 Å². The van der Waals surface area contributed by atoms with E-state index in [9.17, 15) is 14.9 Å². The van der Waals surface area contributed by atoms with Gasteiger partial charge in [0.05, 0.1) is 17.4 Å². The van der Waals surface area contributed by atoms with Crippen LogP contribution >= 0.6 is 0 Å². The van der Waals surface area contributed by atoms with Gasteiger partial charge in [-0.15, -0.1) is 0 Å². The Hall–Kier alpha value is -3.02. The first-order valence-corrected chi connectivity index (χ1v) is 6.72. The van der Waals surface area contributed by atoms with Crippen LogP contribution in [0.4, 0.5) is 5.69 Å². The Morgan fingerprint density at radius 1 is 1.14 bits per heavy atom. The number of benzene rings is 2. The third kappa shape index (κ3) is 2.85. The van der Waals surface area contributed by atoms with Crippen molar-refractivity contribution in [1.29, 1.82) is 0 Å². The number of non-ortho nitro benzene ring substituents is 1. The quantitative estimate of drug-likeness (QED) is 0.495. The lowest BCUT2D eigenvalue weighted by molar-refractivity contribution is -0.384. The molecule has 2 aromatic rings. The molecule has 22 heavy (non-hydrogen) atoms. The van der Waals surface area contributed by atoms with E-state index < -0.39 is 16.9 Å². The molecule has 0 spiro atoms. The van der Waals surface area contributed by atoms with Gasteiger partial charge in [0.25, 0.3) is 5.69 Å². The molecule has 6 heteroatoms. The van der Waals surface area contributed by atoms with Crippen LogP contribution in [-0.2, 0) is 9.53 Å². The third-order valence-electron chi connectivity index (χ3n) is 3.33. The number of cyclic esters (lactones) is 1. The molecule has 1 aliphatic rings. The predicted molar refractivity (Wildman–Crippen MR) is 79.5 cm³/mol. The molecular formula is C16H12N2O4. The van der Waals surface area contributed by atoms with E-state index in [-0.39, 0.29) is 18.0 Å². The molecule has 1 aliphatic heterocycles. The minimum Gasteiger partial charge on any atom is -0.407 e. The van der Waals surface area contributed by atoms with Crippen LogP contribution in [0.25, 0.3) is 0 Å². The lowest BCUT2D eigenvalue weighted by Gasteiger charge is -2.20. The monoisotopic (exact) mass is 296 g/mol. The molecule has 3 rings (SSSR count). The van der Waals surface area contributed by atoms with Gasteiger partial charge in [-0.1, -0.05) is 30.3 Å². The average Bonchev–Trinajstić information content (AvgIpc) is 2.55. The first-order valence-electron chi connectivity index (χ1n) is 6.72. The number of hydrogen-bond acceptors (Lipinski definition) is 5. The van der Waals surface area contributed by atoms with Crippen molar-refractivity contribution in [3.8, 4) is 0 Å². The van der Waals surface area contributed by atoms with Crippen LogP contribution in [0.3, 0.4) is 0 Å². The molecule has 0 amide bonds. The normalized spacial score (nSPS) is 17.5. The van der Waals surface area contributed by atoms with Crippen LogP contribution in [0.2, 0.25) is 0 Å². The molecule has 0 aromatic heterocycles. The van der Waals surface area contributed by atoms with E-state index in [0.717, 1.165) is 0 Å². The fourth-order valence-corrected chi connectivity index (χ4v) is 2.27. The molecule has 1 atom stereocenters. The summed E-state index contributed by atoms with van der Waals surface area (Å²) in [6.45, 7) is 0. The Morgan fingerprint density at radius 3 is 2.64 bits per heavy atom. The van der Waals surface area contributed by atoms with Crippen molar-refractivity contribution >= 4 is 17.6 Å². The van der Waals surface area contributed by atoms with Gasteiger partial charge in [-0.05, 0) is 17.7 Å². The summed E-state index contributed by atoms with van der Waals surface area (Å²) >= 11 is 0. The SMILES string of the molecule is O=C1C[C@H](c2cccc([N+](=O)[O-])c2)N=C(c2ccccc2)O1. The van der Waals surface area contributed by atoms with Crippen LogP contribution in [-0.4, -0.2) is 16.8 Å². The zero-order chi connectivity index (χ0) is 15.5. The van der Waals surface area contributed by atoms with Gasteiger partial charge < -0.3 is 4.74 Å². The molecule has 0 saturated carbocycles. The molecule has 0 radical (unpaired) electrons. The Bertz CT molecular complexity index is 756. The van der Waals surface area contributed by atoms with Gasteiger partial charge in [-0.25, -0.2) is 4.99 Å². The van der Waals surface area contributed by atoms with Crippen LogP contribution in [0, 0.1) is 10.1 Å². The molecule has 110 valence electrons. The second kappa shape index (κ2) is 5.77. The average molecular weight is 296 g/mol. The van der Waals surface area contributed by atoms with Gasteiger partial charge in [0.1, 0.15) is 0 Å². The standard InChI is InChI=1S/C16H12N2O4/c19-15-10-14(12-7-4-8-13(9-12)18(20)21)17-16(22-15)11-5-2-1-3-6-11/h1-9,14H,10H2/t14-/m1/s1. The van der Waals surface area contributed by atoms with Crippen molar-refractivity contribution in [3.05, 3.63) is 75.8 Å². The van der Waals surface area contributed by atoms with E-state index in [2.05, 4.69) is 4.99 Å². The van der Waals surface area contributed by atoms with Crippen molar-refractivity contribution < 1.29 is 14.5 Å². The molecule has 0 saturated heterocycles. The number of rotatable bonds is 3. The Balaban J connectivity index is 1.98. The summed E-state index contributed by atoms with van der Waals surface area (Å²) in [7, 11) is 0. The summed E-state index contributed by atoms with van der Waals surface area (Å²) in [6, 6.07) is 14.8. The molecule has 1 heterocycles. The number of ether oxygens (including phenoxy) is 1. The smallest absolute Gasteiger partial charge is 0.315 e. The molecule has 0 N–H and O–H groups in total. The van der Waals surface area contributed by atoms with Gasteiger partial charge in [0.15, 0.2) is 0 Å². The highest BCUT2D eigenvalue weighted by Crippen LogP contribution is 2.29. The van der Waals surface area contributed by atoms with Crippen molar-refractivity contribution in [2.24, 2.45) is 4.99 Å². The minimum atomic E-state index is -0.476. The van der Waals surface area contributed by atoms with E-state index >= 15 is 0 Å². The maximum absolute atomic E-state index is 11.8. The number of nitro benzene ring substituents is 1. The number of nitrogens with zero attached hydrogens (tertiary/aromatic N) is 2. The highest BCUT2D eigenvalue weighted by Gasteiger charge is 2.26. The number of carbonyl (C=O) groups is 1. The second-order valence-corrected chi connectivity index (χ2v) is 4.85. The maximum atomic E-state index is 11.8. The van der Waals surface area contributed by atoms with Crippen LogP contribution in [0.15, 0.2) is 59.6 Å². The van der Waals surface area contributed by atoms with E-state index in [4.69, 9.17) is 4.74 Å². The predicted octanol–water partition coefficient (Wildman–Crippen LogP) is 3.03. The van der Waals surface area contributed by atoms with Crippen LogP contribution < -0.4 is 0 Å². The minimum absolute atomic E-state index is 0.0205. The number of esters is 1. The summed E-state index contributed by atoms with van der Waals surface area (Å²) in [6.07, 6.45) is 0.0670. The van der Waals surface area contributed by atoms with Crippen molar-refractivity contribution in [2.45, 2.75) is 12.5 Å². The molecule has 0 fully saturated rings. The molecule has 0 unspecified atom stereocenters. The van der Waals surface area contributed by atoms with Gasteiger partial charge in [0.2, 0.25) is 5.90 Å².